The van der Waals surface area contributed by atoms with Crippen LogP contribution in [0, 0.1) is 6.92 Å². The van der Waals surface area contributed by atoms with Crippen LogP contribution in [-0.4, -0.2) is 59.9 Å². The number of aliphatic imine (C=N–C) groups is 1. The zero-order valence-electron chi connectivity index (χ0n) is 12.6. The Hall–Kier alpha value is -0.900. The zero-order valence-corrected chi connectivity index (χ0v) is 15.8. The molecule has 0 saturated carbocycles. The minimum absolute atomic E-state index is 0. The molecule has 6 nitrogen and oxygen atoms in total. The van der Waals surface area contributed by atoms with Crippen molar-refractivity contribution in [1.82, 2.24) is 20.1 Å². The number of guanidine groups is 1. The third-order valence-electron chi connectivity index (χ3n) is 3.49. The molecule has 1 fully saturated rings. The lowest BCUT2D eigenvalue weighted by atomic mass is 10.3. The van der Waals surface area contributed by atoms with Gasteiger partial charge in [-0.05, 0) is 6.92 Å². The van der Waals surface area contributed by atoms with Crippen LogP contribution >= 0.6 is 35.3 Å². The molecular formula is C13H22IN5OS. The van der Waals surface area contributed by atoms with Crippen molar-refractivity contribution < 1.29 is 4.79 Å². The maximum Gasteiger partial charge on any atom is 0.219 e. The van der Waals surface area contributed by atoms with Crippen molar-refractivity contribution >= 4 is 47.2 Å². The van der Waals surface area contributed by atoms with E-state index in [1.54, 1.807) is 25.3 Å². The predicted octanol–water partition coefficient (Wildman–Crippen LogP) is 1.31. The molecule has 0 aliphatic carbocycles. The summed E-state index contributed by atoms with van der Waals surface area (Å²) in [6.45, 7) is 7.54. The van der Waals surface area contributed by atoms with E-state index in [0.717, 1.165) is 44.4 Å². The van der Waals surface area contributed by atoms with Gasteiger partial charge in [0.2, 0.25) is 5.91 Å². The molecule has 2 rings (SSSR count). The summed E-state index contributed by atoms with van der Waals surface area (Å²) in [5.41, 5.74) is 2.93. The van der Waals surface area contributed by atoms with E-state index in [1.165, 1.54) is 4.88 Å². The largest absolute Gasteiger partial charge is 0.351 e. The smallest absolute Gasteiger partial charge is 0.219 e. The summed E-state index contributed by atoms with van der Waals surface area (Å²) in [7, 11) is 1.79. The first kappa shape index (κ1) is 18.1. The maximum atomic E-state index is 11.3. The Morgan fingerprint density at radius 1 is 1.38 bits per heavy atom. The monoisotopic (exact) mass is 423 g/mol. The summed E-state index contributed by atoms with van der Waals surface area (Å²) in [6.07, 6.45) is 0. The van der Waals surface area contributed by atoms with E-state index in [0.29, 0.717) is 0 Å². The number of carbonyl (C=O) groups is 1. The normalized spacial score (nSPS) is 15.7. The van der Waals surface area contributed by atoms with Gasteiger partial charge >= 0.3 is 0 Å². The summed E-state index contributed by atoms with van der Waals surface area (Å²) in [4.78, 5) is 25.2. The molecule has 1 saturated heterocycles. The van der Waals surface area contributed by atoms with Gasteiger partial charge in [-0.1, -0.05) is 0 Å². The number of hydrogen-bond acceptors (Lipinski definition) is 4. The molecule has 1 amide bonds. The Morgan fingerprint density at radius 3 is 2.48 bits per heavy atom. The number of piperazine rings is 1. The number of hydrogen-bond donors (Lipinski definition) is 1. The fourth-order valence-electron chi connectivity index (χ4n) is 2.22. The van der Waals surface area contributed by atoms with E-state index in [-0.39, 0.29) is 29.9 Å². The SMILES string of the molecule is CN=C(NCc1scnc1C)N1CCN(C(C)=O)CC1.I. The van der Waals surface area contributed by atoms with Crippen LogP contribution in [0.25, 0.3) is 0 Å². The van der Waals surface area contributed by atoms with Gasteiger partial charge in [0.05, 0.1) is 17.7 Å². The molecule has 21 heavy (non-hydrogen) atoms. The van der Waals surface area contributed by atoms with Crippen molar-refractivity contribution in [2.24, 2.45) is 4.99 Å². The summed E-state index contributed by atoms with van der Waals surface area (Å²) in [5.74, 6) is 1.04. The lowest BCUT2D eigenvalue weighted by molar-refractivity contribution is -0.130. The number of thiazole rings is 1. The summed E-state index contributed by atoms with van der Waals surface area (Å²) >= 11 is 1.65. The summed E-state index contributed by atoms with van der Waals surface area (Å²) in [5, 5.41) is 3.37. The number of nitrogens with zero attached hydrogens (tertiary/aromatic N) is 4. The molecule has 0 bridgehead atoms. The Morgan fingerprint density at radius 2 is 2.00 bits per heavy atom. The molecule has 2 heterocycles. The fourth-order valence-corrected chi connectivity index (χ4v) is 2.94. The van der Waals surface area contributed by atoms with E-state index in [9.17, 15) is 4.79 Å². The average molecular weight is 423 g/mol. The van der Waals surface area contributed by atoms with Crippen molar-refractivity contribution in [2.75, 3.05) is 33.2 Å². The minimum atomic E-state index is 0. The Bertz CT molecular complexity index is 497. The molecule has 0 spiro atoms. The van der Waals surface area contributed by atoms with Crippen molar-refractivity contribution in [1.29, 1.82) is 0 Å². The molecular weight excluding hydrogens is 401 g/mol. The number of aryl methyl sites for hydroxylation is 1. The van der Waals surface area contributed by atoms with Crippen LogP contribution in [0.15, 0.2) is 10.5 Å². The number of aromatic nitrogens is 1. The third kappa shape index (κ3) is 4.80. The summed E-state index contributed by atoms with van der Waals surface area (Å²) < 4.78 is 0. The molecule has 1 N–H and O–H groups in total. The highest BCUT2D eigenvalue weighted by atomic mass is 127. The van der Waals surface area contributed by atoms with Crippen molar-refractivity contribution in [3.05, 3.63) is 16.1 Å². The molecule has 118 valence electrons. The van der Waals surface area contributed by atoms with Crippen LogP contribution in [0.1, 0.15) is 17.5 Å². The Balaban J connectivity index is 0.00000220. The first-order valence-corrected chi connectivity index (χ1v) is 7.60. The molecule has 1 aliphatic rings. The van der Waals surface area contributed by atoms with Crippen LogP contribution in [0.4, 0.5) is 0 Å². The van der Waals surface area contributed by atoms with Crippen molar-refractivity contribution in [2.45, 2.75) is 20.4 Å². The highest BCUT2D eigenvalue weighted by Gasteiger charge is 2.20. The molecule has 0 atom stereocenters. The van der Waals surface area contributed by atoms with Gasteiger partial charge in [0.15, 0.2) is 5.96 Å². The molecule has 0 unspecified atom stereocenters. The molecule has 8 heteroatoms. The number of amides is 1. The van der Waals surface area contributed by atoms with Gasteiger partial charge in [0, 0.05) is 45.0 Å². The zero-order chi connectivity index (χ0) is 14.5. The van der Waals surface area contributed by atoms with Gasteiger partial charge in [0.1, 0.15) is 0 Å². The van der Waals surface area contributed by atoms with Gasteiger partial charge in [-0.3, -0.25) is 9.79 Å². The second-order valence-corrected chi connectivity index (χ2v) is 5.69. The molecule has 1 aliphatic heterocycles. The first-order valence-electron chi connectivity index (χ1n) is 6.72. The Labute approximate surface area is 146 Å². The van der Waals surface area contributed by atoms with Gasteiger partial charge in [-0.2, -0.15) is 0 Å². The second kappa shape index (κ2) is 8.52. The second-order valence-electron chi connectivity index (χ2n) is 4.75. The van der Waals surface area contributed by atoms with Crippen LogP contribution in [0.5, 0.6) is 0 Å². The van der Waals surface area contributed by atoms with Gasteiger partial charge in [0.25, 0.3) is 0 Å². The molecule has 1 aromatic rings. The highest BCUT2D eigenvalue weighted by Crippen LogP contribution is 2.11. The van der Waals surface area contributed by atoms with Crippen LogP contribution in [0.3, 0.4) is 0 Å². The molecule has 1 aromatic heterocycles. The van der Waals surface area contributed by atoms with Crippen molar-refractivity contribution in [3.8, 4) is 0 Å². The molecule has 0 aromatic carbocycles. The topological polar surface area (TPSA) is 60.8 Å². The quantitative estimate of drug-likeness (QED) is 0.443. The maximum absolute atomic E-state index is 11.3. The van der Waals surface area contributed by atoms with Crippen molar-refractivity contribution in [3.63, 3.8) is 0 Å². The van der Waals surface area contributed by atoms with Gasteiger partial charge < -0.3 is 15.1 Å². The standard InChI is InChI=1S/C13H21N5OS.HI/c1-10-12(20-9-16-10)8-15-13(14-3)18-6-4-17(5-7-18)11(2)19;/h9H,4-8H2,1-3H3,(H,14,15);1H. The highest BCUT2D eigenvalue weighted by molar-refractivity contribution is 14.0. The van der Waals surface area contributed by atoms with Crippen LogP contribution in [0.2, 0.25) is 0 Å². The summed E-state index contributed by atoms with van der Waals surface area (Å²) in [6, 6.07) is 0. The van der Waals surface area contributed by atoms with Crippen LogP contribution < -0.4 is 5.32 Å². The lowest BCUT2D eigenvalue weighted by Gasteiger charge is -2.36. The lowest BCUT2D eigenvalue weighted by Crippen LogP contribution is -2.53. The molecule has 0 radical (unpaired) electrons. The third-order valence-corrected chi connectivity index (χ3v) is 4.42. The van der Waals surface area contributed by atoms with E-state index in [2.05, 4.69) is 20.2 Å². The Kier molecular flexibility index (Phi) is 7.36. The fraction of sp³-hybridized carbons (Fsp3) is 0.615. The minimum Gasteiger partial charge on any atom is -0.351 e. The van der Waals surface area contributed by atoms with Crippen LogP contribution in [-0.2, 0) is 11.3 Å². The average Bonchev–Trinajstić information content (AvgIpc) is 2.85. The van der Waals surface area contributed by atoms with E-state index in [1.807, 2.05) is 17.3 Å². The van der Waals surface area contributed by atoms with Gasteiger partial charge in [-0.15, -0.1) is 35.3 Å². The van der Waals surface area contributed by atoms with Gasteiger partial charge in [-0.25, -0.2) is 4.98 Å². The van der Waals surface area contributed by atoms with E-state index < -0.39 is 0 Å². The number of halogens is 1. The van der Waals surface area contributed by atoms with E-state index >= 15 is 0 Å². The van der Waals surface area contributed by atoms with E-state index in [4.69, 9.17) is 0 Å². The number of rotatable bonds is 2. The predicted molar refractivity (Wildman–Crippen MR) is 96.3 cm³/mol. The number of nitrogens with one attached hydrogen (secondary N) is 1. The first-order chi connectivity index (χ1) is 9.61. The number of carbonyl (C=O) groups excluding carboxylic acids is 1.